The average molecular weight is 277 g/mol. The van der Waals surface area contributed by atoms with E-state index < -0.39 is 0 Å². The van der Waals surface area contributed by atoms with Gasteiger partial charge >= 0.3 is 0 Å². The van der Waals surface area contributed by atoms with Gasteiger partial charge in [-0.3, -0.25) is 0 Å². The second kappa shape index (κ2) is 6.46. The van der Waals surface area contributed by atoms with E-state index in [-0.39, 0.29) is 6.10 Å². The number of hydrogen-bond acceptors (Lipinski definition) is 4. The molecule has 4 heteroatoms. The quantitative estimate of drug-likeness (QED) is 0.867. The van der Waals surface area contributed by atoms with Crippen molar-refractivity contribution in [1.29, 1.82) is 0 Å². The molecule has 0 unspecified atom stereocenters. The molecule has 2 fully saturated rings. The Kier molecular flexibility index (Phi) is 4.43. The number of ether oxygens (including phenoxy) is 3. The number of nitrogens with one attached hydrogen (secondary N) is 1. The highest BCUT2D eigenvalue weighted by Crippen LogP contribution is 2.30. The van der Waals surface area contributed by atoms with E-state index in [1.165, 1.54) is 18.4 Å². The molecule has 2 aliphatic rings. The van der Waals surface area contributed by atoms with E-state index in [4.69, 9.17) is 14.2 Å². The number of benzene rings is 1. The zero-order valence-corrected chi connectivity index (χ0v) is 12.1. The molecule has 0 spiro atoms. The molecule has 3 rings (SSSR count). The summed E-state index contributed by atoms with van der Waals surface area (Å²) in [4.78, 5) is 0. The number of rotatable bonds is 6. The summed E-state index contributed by atoms with van der Waals surface area (Å²) in [6.45, 7) is 2.48. The summed E-state index contributed by atoms with van der Waals surface area (Å²) >= 11 is 0. The van der Waals surface area contributed by atoms with Gasteiger partial charge in [0.15, 0.2) is 11.5 Å². The maximum Gasteiger partial charge on any atom is 0.161 e. The topological polar surface area (TPSA) is 39.7 Å². The zero-order valence-electron chi connectivity index (χ0n) is 12.1. The van der Waals surface area contributed by atoms with Crippen molar-refractivity contribution >= 4 is 0 Å². The predicted molar refractivity (Wildman–Crippen MR) is 77.3 cm³/mol. The third kappa shape index (κ3) is 3.64. The van der Waals surface area contributed by atoms with Crippen LogP contribution >= 0.6 is 0 Å². The van der Waals surface area contributed by atoms with Crippen LogP contribution in [0.3, 0.4) is 0 Å². The lowest BCUT2D eigenvalue weighted by Crippen LogP contribution is -2.26. The molecule has 1 N–H and O–H groups in total. The first-order chi connectivity index (χ1) is 9.85. The normalized spacial score (nSPS) is 19.9. The maximum atomic E-state index is 6.04. The second-order valence-electron chi connectivity index (χ2n) is 5.57. The van der Waals surface area contributed by atoms with E-state index in [0.717, 1.165) is 50.1 Å². The Morgan fingerprint density at radius 3 is 2.65 bits per heavy atom. The summed E-state index contributed by atoms with van der Waals surface area (Å²) in [6.07, 6.45) is 4.76. The zero-order chi connectivity index (χ0) is 13.8. The van der Waals surface area contributed by atoms with Crippen LogP contribution in [0.4, 0.5) is 0 Å². The highest BCUT2D eigenvalue weighted by atomic mass is 16.5. The SMILES string of the molecule is COc1cc(CNC2CC2)ccc1OC1CCOCC1. The fourth-order valence-electron chi connectivity index (χ4n) is 2.44. The van der Waals surface area contributed by atoms with E-state index in [9.17, 15) is 0 Å². The van der Waals surface area contributed by atoms with E-state index in [2.05, 4.69) is 17.4 Å². The average Bonchev–Trinajstić information content (AvgIpc) is 3.31. The number of methoxy groups -OCH3 is 1. The third-order valence-corrected chi connectivity index (χ3v) is 3.86. The Bertz CT molecular complexity index is 439. The minimum atomic E-state index is 0.244. The van der Waals surface area contributed by atoms with Gasteiger partial charge in [-0.2, -0.15) is 0 Å². The second-order valence-corrected chi connectivity index (χ2v) is 5.57. The standard InChI is InChI=1S/C16H23NO3/c1-18-16-10-12(11-17-13-3-4-13)2-5-15(16)20-14-6-8-19-9-7-14/h2,5,10,13-14,17H,3-4,6-9,11H2,1H3. The number of hydrogen-bond donors (Lipinski definition) is 1. The lowest BCUT2D eigenvalue weighted by molar-refractivity contribution is 0.0245. The maximum absolute atomic E-state index is 6.04. The van der Waals surface area contributed by atoms with Crippen molar-refractivity contribution in [2.45, 2.75) is 44.4 Å². The summed E-state index contributed by atoms with van der Waals surface area (Å²) in [6, 6.07) is 6.94. The minimum Gasteiger partial charge on any atom is -0.493 e. The largest absolute Gasteiger partial charge is 0.493 e. The van der Waals surface area contributed by atoms with Crippen LogP contribution in [-0.4, -0.2) is 32.5 Å². The van der Waals surface area contributed by atoms with Crippen LogP contribution in [0, 0.1) is 0 Å². The molecule has 1 aromatic carbocycles. The molecule has 1 saturated carbocycles. The monoisotopic (exact) mass is 277 g/mol. The molecule has 0 aromatic heterocycles. The highest BCUT2D eigenvalue weighted by Gasteiger charge is 2.21. The van der Waals surface area contributed by atoms with E-state index in [0.29, 0.717) is 0 Å². The van der Waals surface area contributed by atoms with Crippen molar-refractivity contribution in [2.75, 3.05) is 20.3 Å². The molecule has 4 nitrogen and oxygen atoms in total. The van der Waals surface area contributed by atoms with Crippen molar-refractivity contribution in [3.63, 3.8) is 0 Å². The molecular formula is C16H23NO3. The summed E-state index contributed by atoms with van der Waals surface area (Å²) in [5.41, 5.74) is 1.24. The van der Waals surface area contributed by atoms with E-state index >= 15 is 0 Å². The van der Waals surface area contributed by atoms with Crippen molar-refractivity contribution in [1.82, 2.24) is 5.32 Å². The van der Waals surface area contributed by atoms with Crippen LogP contribution < -0.4 is 14.8 Å². The minimum absolute atomic E-state index is 0.244. The van der Waals surface area contributed by atoms with Gasteiger partial charge in [0.05, 0.1) is 20.3 Å². The smallest absolute Gasteiger partial charge is 0.161 e. The first-order valence-corrected chi connectivity index (χ1v) is 7.50. The molecule has 1 aliphatic carbocycles. The molecule has 110 valence electrons. The van der Waals surface area contributed by atoms with Gasteiger partial charge in [0, 0.05) is 25.4 Å². The van der Waals surface area contributed by atoms with Crippen LogP contribution in [0.5, 0.6) is 11.5 Å². The predicted octanol–water partition coefficient (Wildman–Crippen LogP) is 2.51. The Labute approximate surface area is 120 Å². The van der Waals surface area contributed by atoms with Gasteiger partial charge in [-0.15, -0.1) is 0 Å². The molecule has 0 radical (unpaired) electrons. The Morgan fingerprint density at radius 2 is 1.95 bits per heavy atom. The Balaban J connectivity index is 1.62. The molecule has 1 aliphatic heterocycles. The molecule has 0 amide bonds. The van der Waals surface area contributed by atoms with Crippen LogP contribution in [0.25, 0.3) is 0 Å². The summed E-state index contributed by atoms with van der Waals surface area (Å²) < 4.78 is 16.9. The molecule has 1 saturated heterocycles. The van der Waals surface area contributed by atoms with E-state index in [1.807, 2.05) is 6.07 Å². The molecule has 20 heavy (non-hydrogen) atoms. The van der Waals surface area contributed by atoms with Crippen LogP contribution in [0.2, 0.25) is 0 Å². The van der Waals surface area contributed by atoms with Crippen LogP contribution in [0.1, 0.15) is 31.2 Å². The van der Waals surface area contributed by atoms with Crippen LogP contribution in [0.15, 0.2) is 18.2 Å². The van der Waals surface area contributed by atoms with E-state index in [1.54, 1.807) is 7.11 Å². The Morgan fingerprint density at radius 1 is 1.15 bits per heavy atom. The lowest BCUT2D eigenvalue weighted by atomic mass is 10.1. The van der Waals surface area contributed by atoms with Gasteiger partial charge in [-0.25, -0.2) is 0 Å². The highest BCUT2D eigenvalue weighted by molar-refractivity contribution is 5.43. The van der Waals surface area contributed by atoms with Gasteiger partial charge < -0.3 is 19.5 Å². The van der Waals surface area contributed by atoms with Crippen LogP contribution in [-0.2, 0) is 11.3 Å². The van der Waals surface area contributed by atoms with Gasteiger partial charge in [0.25, 0.3) is 0 Å². The molecule has 1 heterocycles. The van der Waals surface area contributed by atoms with Crippen molar-refractivity contribution in [3.05, 3.63) is 23.8 Å². The first kappa shape index (κ1) is 13.7. The fraction of sp³-hybridized carbons (Fsp3) is 0.625. The van der Waals surface area contributed by atoms with Gasteiger partial charge in [0.2, 0.25) is 0 Å². The summed E-state index contributed by atoms with van der Waals surface area (Å²) in [5.74, 6) is 1.67. The third-order valence-electron chi connectivity index (χ3n) is 3.86. The molecule has 0 bridgehead atoms. The summed E-state index contributed by atoms with van der Waals surface area (Å²) in [7, 11) is 1.70. The fourth-order valence-corrected chi connectivity index (χ4v) is 2.44. The van der Waals surface area contributed by atoms with Crippen molar-refractivity contribution < 1.29 is 14.2 Å². The molecule has 1 aromatic rings. The van der Waals surface area contributed by atoms with Crippen molar-refractivity contribution in [3.8, 4) is 11.5 Å². The lowest BCUT2D eigenvalue weighted by Gasteiger charge is -2.24. The van der Waals surface area contributed by atoms with Gasteiger partial charge in [0.1, 0.15) is 6.10 Å². The van der Waals surface area contributed by atoms with Crippen molar-refractivity contribution in [2.24, 2.45) is 0 Å². The van der Waals surface area contributed by atoms with Gasteiger partial charge in [-0.1, -0.05) is 6.07 Å². The molecule has 0 atom stereocenters. The van der Waals surface area contributed by atoms with Gasteiger partial charge in [-0.05, 0) is 30.5 Å². The first-order valence-electron chi connectivity index (χ1n) is 7.50. The molecular weight excluding hydrogens is 254 g/mol. The summed E-state index contributed by atoms with van der Waals surface area (Å²) in [5, 5.41) is 3.51. The Hall–Kier alpha value is -1.26.